The topological polar surface area (TPSA) is 200 Å². The molecule has 1 aliphatic carbocycles. The van der Waals surface area contributed by atoms with Crippen molar-refractivity contribution in [2.24, 2.45) is 0 Å². The van der Waals surface area contributed by atoms with Crippen LogP contribution in [0.2, 0.25) is 5.02 Å². The number of amides is 3. The fraction of sp³-hybridized carbons (Fsp3) is 0.324. The lowest BCUT2D eigenvalue weighted by atomic mass is 10.1. The number of hydrogen-bond donors (Lipinski definition) is 6. The third-order valence-corrected chi connectivity index (χ3v) is 9.20. The summed E-state index contributed by atoms with van der Waals surface area (Å²) >= 11 is 6.02. The van der Waals surface area contributed by atoms with Crippen molar-refractivity contribution in [3.63, 3.8) is 0 Å². The molecule has 1 atom stereocenters. The summed E-state index contributed by atoms with van der Waals surface area (Å²) in [5, 5.41) is 23.3. The highest BCUT2D eigenvalue weighted by Gasteiger charge is 2.45. The zero-order chi connectivity index (χ0) is 39.9. The van der Waals surface area contributed by atoms with Crippen LogP contribution in [0.4, 0.5) is 36.4 Å². The number of nitrogens with one attached hydrogen (secondary N) is 5. The Morgan fingerprint density at radius 2 is 1.59 bits per heavy atom. The van der Waals surface area contributed by atoms with Crippen LogP contribution < -0.4 is 31.3 Å². The molecule has 1 aliphatic heterocycles. The number of likely N-dealkylation sites (tertiary alicyclic amines) is 1. The molecular formula is C37H37ClF3N9O6. The van der Waals surface area contributed by atoms with Crippen LogP contribution in [0, 0.1) is 0 Å². The van der Waals surface area contributed by atoms with Gasteiger partial charge in [0, 0.05) is 35.1 Å². The Hall–Kier alpha value is -6.01. The van der Waals surface area contributed by atoms with Crippen molar-refractivity contribution >= 4 is 58.6 Å². The molecule has 3 aromatic carbocycles. The first-order valence-electron chi connectivity index (χ1n) is 17.5. The summed E-state index contributed by atoms with van der Waals surface area (Å²) in [4.78, 5) is 64.6. The van der Waals surface area contributed by atoms with Crippen LogP contribution in [-0.2, 0) is 26.5 Å². The first-order valence-corrected chi connectivity index (χ1v) is 17.9. The molecule has 3 amide bonds. The number of alkyl halides is 3. The van der Waals surface area contributed by atoms with Crippen molar-refractivity contribution in [1.82, 2.24) is 30.5 Å². The Balaban J connectivity index is 1.05. The van der Waals surface area contributed by atoms with Gasteiger partial charge in [-0.15, -0.1) is 0 Å². The van der Waals surface area contributed by atoms with Gasteiger partial charge >= 0.3 is 30.0 Å². The van der Waals surface area contributed by atoms with E-state index in [2.05, 4.69) is 46.4 Å². The van der Waals surface area contributed by atoms with Gasteiger partial charge in [-0.25, -0.2) is 4.79 Å². The number of hydrogen-bond acceptors (Lipinski definition) is 11. The number of anilines is 4. The largest absolute Gasteiger partial charge is 0.480 e. The Morgan fingerprint density at radius 1 is 0.893 bits per heavy atom. The summed E-state index contributed by atoms with van der Waals surface area (Å²) in [5.74, 6) is -4.57. The second-order valence-corrected chi connectivity index (χ2v) is 13.7. The highest BCUT2D eigenvalue weighted by atomic mass is 35.5. The first kappa shape index (κ1) is 39.7. The zero-order valence-corrected chi connectivity index (χ0v) is 30.4. The van der Waals surface area contributed by atoms with Crippen LogP contribution in [0.3, 0.4) is 0 Å². The molecule has 6 rings (SSSR count). The lowest BCUT2D eigenvalue weighted by Crippen LogP contribution is -2.50. The van der Waals surface area contributed by atoms with Gasteiger partial charge in [-0.05, 0) is 98.4 Å². The van der Waals surface area contributed by atoms with E-state index in [1.54, 1.807) is 30.3 Å². The molecule has 2 heterocycles. The summed E-state index contributed by atoms with van der Waals surface area (Å²) in [6.07, 6.45) is -0.988. The number of ether oxygens (including phenoxy) is 1. The van der Waals surface area contributed by atoms with E-state index in [-0.39, 0.29) is 17.5 Å². The van der Waals surface area contributed by atoms with E-state index in [1.807, 2.05) is 18.2 Å². The number of aromatic nitrogens is 3. The van der Waals surface area contributed by atoms with Gasteiger partial charge in [0.25, 0.3) is 5.91 Å². The SMILES string of the molecule is O=C(NC[C@H](NC(=O)c1ccc(Nc2nc(NC3(c4ccc(Cl)cc4)CC3)nc(OCC(F)(F)F)n2)cc1)C(=O)O)C(=O)Nc1cccc(CN2CCCC2)c1. The van der Waals surface area contributed by atoms with Crippen LogP contribution in [-0.4, -0.2) is 87.1 Å². The highest BCUT2D eigenvalue weighted by Crippen LogP contribution is 2.48. The third-order valence-electron chi connectivity index (χ3n) is 8.95. The normalized spacial score (nSPS) is 15.3. The van der Waals surface area contributed by atoms with E-state index in [4.69, 9.17) is 16.3 Å². The molecule has 4 aromatic rings. The summed E-state index contributed by atoms with van der Waals surface area (Å²) in [7, 11) is 0. The van der Waals surface area contributed by atoms with Crippen molar-refractivity contribution in [3.8, 4) is 6.01 Å². The van der Waals surface area contributed by atoms with Gasteiger partial charge in [0.05, 0.1) is 5.54 Å². The predicted molar refractivity (Wildman–Crippen MR) is 199 cm³/mol. The molecule has 15 nitrogen and oxygen atoms in total. The third kappa shape index (κ3) is 11.0. The molecule has 6 N–H and O–H groups in total. The monoisotopic (exact) mass is 795 g/mol. The summed E-state index contributed by atoms with van der Waals surface area (Å²) in [6.45, 7) is 0.477. The van der Waals surface area contributed by atoms with E-state index < -0.39 is 60.6 Å². The minimum atomic E-state index is -4.65. The van der Waals surface area contributed by atoms with Crippen LogP contribution in [0.5, 0.6) is 6.01 Å². The first-order chi connectivity index (χ1) is 26.7. The average Bonchev–Trinajstić information content (AvgIpc) is 3.75. The van der Waals surface area contributed by atoms with Crippen molar-refractivity contribution in [1.29, 1.82) is 0 Å². The second kappa shape index (κ2) is 17.2. The number of carbonyl (C=O) groups excluding carboxylic acids is 3. The maximum Gasteiger partial charge on any atom is 0.422 e. The van der Waals surface area contributed by atoms with E-state index in [1.165, 1.54) is 24.3 Å². The van der Waals surface area contributed by atoms with Crippen molar-refractivity contribution in [3.05, 3.63) is 94.5 Å². The van der Waals surface area contributed by atoms with E-state index in [9.17, 15) is 37.5 Å². The molecule has 56 heavy (non-hydrogen) atoms. The van der Waals surface area contributed by atoms with Gasteiger partial charge in [-0.3, -0.25) is 19.3 Å². The number of carboxylic acids is 1. The Morgan fingerprint density at radius 3 is 2.25 bits per heavy atom. The van der Waals surface area contributed by atoms with Crippen molar-refractivity contribution < 1.29 is 42.2 Å². The van der Waals surface area contributed by atoms with Crippen molar-refractivity contribution in [2.75, 3.05) is 42.2 Å². The fourth-order valence-corrected chi connectivity index (χ4v) is 6.08. The maximum atomic E-state index is 13.0. The molecule has 2 fully saturated rings. The van der Waals surface area contributed by atoms with Crippen LogP contribution in [0.1, 0.15) is 47.2 Å². The number of halogens is 4. The molecule has 2 aliphatic rings. The van der Waals surface area contributed by atoms with Crippen LogP contribution in [0.15, 0.2) is 72.8 Å². The molecule has 0 radical (unpaired) electrons. The number of carboxylic acid groups (broad SMARTS) is 1. The van der Waals surface area contributed by atoms with E-state index in [0.29, 0.717) is 35.8 Å². The molecule has 0 bridgehead atoms. The molecule has 19 heteroatoms. The minimum Gasteiger partial charge on any atom is -0.480 e. The standard InChI is InChI=1S/C37H37ClF3N9O6/c38-25-10-8-24(9-11-25)36(14-15-36)49-34-46-33(47-35(48-34)56-21-37(39,40)41)44-26-12-6-23(7-13-26)29(51)45-28(32(54)55)19-42-30(52)31(53)43-27-5-3-4-22(18-27)20-50-16-1-2-17-50/h3-13,18,28H,1-2,14-17,19-21H2,(H,42,52)(H,43,53)(H,45,51)(H,54,55)(H2,44,46,47,48,49)/t28-/m0/s1. The van der Waals surface area contributed by atoms with Gasteiger partial charge in [-0.1, -0.05) is 35.9 Å². The number of aliphatic carboxylic acids is 1. The molecule has 294 valence electrons. The summed E-state index contributed by atoms with van der Waals surface area (Å²) < 4.78 is 43.7. The summed E-state index contributed by atoms with van der Waals surface area (Å²) in [5.41, 5.74) is 2.04. The van der Waals surface area contributed by atoms with Gasteiger partial charge in [-0.2, -0.15) is 28.1 Å². The number of carbonyl (C=O) groups is 4. The van der Waals surface area contributed by atoms with Gasteiger partial charge in [0.2, 0.25) is 11.9 Å². The maximum absolute atomic E-state index is 13.0. The molecule has 0 unspecified atom stereocenters. The Bertz CT molecular complexity index is 2060. The minimum absolute atomic E-state index is 0.0329. The van der Waals surface area contributed by atoms with E-state index >= 15 is 0 Å². The van der Waals surface area contributed by atoms with Gasteiger partial charge < -0.3 is 36.4 Å². The lowest BCUT2D eigenvalue weighted by Gasteiger charge is -2.19. The number of rotatable bonds is 15. The van der Waals surface area contributed by atoms with Crippen LogP contribution >= 0.6 is 11.6 Å². The molecule has 1 saturated heterocycles. The lowest BCUT2D eigenvalue weighted by molar-refractivity contribution is -0.154. The number of nitrogens with zero attached hydrogens (tertiary/aromatic N) is 4. The average molecular weight is 796 g/mol. The second-order valence-electron chi connectivity index (χ2n) is 13.3. The molecule has 1 saturated carbocycles. The number of benzene rings is 3. The van der Waals surface area contributed by atoms with Crippen molar-refractivity contribution in [2.45, 2.75) is 50.0 Å². The Kier molecular flexibility index (Phi) is 12.2. The molecular weight excluding hydrogens is 759 g/mol. The van der Waals surface area contributed by atoms with Crippen LogP contribution in [0.25, 0.3) is 0 Å². The van der Waals surface area contributed by atoms with Gasteiger partial charge in [0.15, 0.2) is 6.61 Å². The smallest absolute Gasteiger partial charge is 0.422 e. The predicted octanol–water partition coefficient (Wildman–Crippen LogP) is 4.84. The summed E-state index contributed by atoms with van der Waals surface area (Å²) in [6, 6.07) is 17.6. The molecule has 1 aromatic heterocycles. The zero-order valence-electron chi connectivity index (χ0n) is 29.7. The van der Waals surface area contributed by atoms with E-state index in [0.717, 1.165) is 37.1 Å². The highest BCUT2D eigenvalue weighted by molar-refractivity contribution is 6.39. The van der Waals surface area contributed by atoms with Gasteiger partial charge in [0.1, 0.15) is 6.04 Å². The fourth-order valence-electron chi connectivity index (χ4n) is 5.96. The molecule has 0 spiro atoms. The Labute approximate surface area is 323 Å². The quantitative estimate of drug-likeness (QED) is 0.0897.